The Morgan fingerprint density at radius 1 is 1.29 bits per heavy atom. The fourth-order valence-electron chi connectivity index (χ4n) is 3.11. The van der Waals surface area contributed by atoms with Crippen LogP contribution in [0.4, 0.5) is 5.82 Å². The van der Waals surface area contributed by atoms with Gasteiger partial charge in [0.15, 0.2) is 0 Å². The molecular weight excluding hydrogens is 282 g/mol. The van der Waals surface area contributed by atoms with Crippen molar-refractivity contribution in [2.75, 3.05) is 32.1 Å². The highest BCUT2D eigenvalue weighted by molar-refractivity contribution is 6.17. The Kier molecular flexibility index (Phi) is 4.32. The lowest BCUT2D eigenvalue weighted by molar-refractivity contribution is 0.252. The maximum absolute atomic E-state index is 6.16. The Balaban J connectivity index is 1.94. The number of nitrogens with zero attached hydrogens (tertiary/aromatic N) is 3. The Morgan fingerprint density at radius 2 is 2.00 bits per heavy atom. The quantitative estimate of drug-likeness (QED) is 0.809. The van der Waals surface area contributed by atoms with Crippen molar-refractivity contribution in [1.82, 2.24) is 9.88 Å². The first-order valence-electron chi connectivity index (χ1n) is 7.55. The third-order valence-electron chi connectivity index (χ3n) is 4.49. The predicted molar refractivity (Wildman–Crippen MR) is 90.2 cm³/mol. The highest BCUT2D eigenvalue weighted by atomic mass is 35.5. The summed E-state index contributed by atoms with van der Waals surface area (Å²) in [5, 5.41) is 1.16. The van der Waals surface area contributed by atoms with Crippen molar-refractivity contribution in [3.8, 4) is 0 Å². The van der Waals surface area contributed by atoms with Gasteiger partial charge >= 0.3 is 0 Å². The molecule has 4 heteroatoms. The van der Waals surface area contributed by atoms with Gasteiger partial charge in [-0.2, -0.15) is 0 Å². The first-order valence-corrected chi connectivity index (χ1v) is 8.08. The Morgan fingerprint density at radius 3 is 2.71 bits per heavy atom. The standard InChI is InChI=1S/C17H22ClN3/c1-20-9-7-15(8-10-20)21(2)17-14(12-18)11-13-5-3-4-6-16(13)19-17/h3-6,11,15H,7-10,12H2,1-2H3. The summed E-state index contributed by atoms with van der Waals surface area (Å²) in [5.74, 6) is 1.54. The van der Waals surface area contributed by atoms with E-state index in [9.17, 15) is 0 Å². The summed E-state index contributed by atoms with van der Waals surface area (Å²) in [5.41, 5.74) is 2.16. The van der Waals surface area contributed by atoms with Crippen LogP contribution in [0.25, 0.3) is 10.9 Å². The number of para-hydroxylation sites is 1. The van der Waals surface area contributed by atoms with Gasteiger partial charge < -0.3 is 9.80 Å². The number of pyridine rings is 1. The number of anilines is 1. The van der Waals surface area contributed by atoms with E-state index in [1.165, 1.54) is 12.8 Å². The number of alkyl halides is 1. The Labute approximate surface area is 131 Å². The van der Waals surface area contributed by atoms with Crippen molar-refractivity contribution >= 4 is 28.3 Å². The second kappa shape index (κ2) is 6.20. The molecule has 0 amide bonds. The zero-order valence-electron chi connectivity index (χ0n) is 12.7. The van der Waals surface area contributed by atoms with E-state index in [1.807, 2.05) is 12.1 Å². The number of likely N-dealkylation sites (tertiary alicyclic amines) is 1. The fourth-order valence-corrected chi connectivity index (χ4v) is 3.31. The van der Waals surface area contributed by atoms with Crippen LogP contribution in [0.3, 0.4) is 0 Å². The SMILES string of the molecule is CN1CCC(N(C)c2nc3ccccc3cc2CCl)CC1. The van der Waals surface area contributed by atoms with Gasteiger partial charge in [-0.3, -0.25) is 0 Å². The minimum atomic E-state index is 0.504. The van der Waals surface area contributed by atoms with Crippen molar-refractivity contribution in [2.24, 2.45) is 0 Å². The molecule has 1 saturated heterocycles. The van der Waals surface area contributed by atoms with Crippen molar-refractivity contribution in [1.29, 1.82) is 0 Å². The van der Waals surface area contributed by atoms with E-state index in [4.69, 9.17) is 16.6 Å². The third-order valence-corrected chi connectivity index (χ3v) is 4.78. The Bertz CT molecular complexity index is 620. The average molecular weight is 304 g/mol. The summed E-state index contributed by atoms with van der Waals surface area (Å²) in [6.07, 6.45) is 2.37. The molecule has 0 N–H and O–H groups in total. The third kappa shape index (κ3) is 2.99. The minimum absolute atomic E-state index is 0.504. The molecule has 3 rings (SSSR count). The number of fused-ring (bicyclic) bond motifs is 1. The summed E-state index contributed by atoms with van der Waals surface area (Å²) in [4.78, 5) is 9.59. The molecule has 0 spiro atoms. The monoisotopic (exact) mass is 303 g/mol. The van der Waals surface area contributed by atoms with Crippen LogP contribution < -0.4 is 4.90 Å². The fraction of sp³-hybridized carbons (Fsp3) is 0.471. The van der Waals surface area contributed by atoms with Crippen LogP contribution in [0.15, 0.2) is 30.3 Å². The smallest absolute Gasteiger partial charge is 0.133 e. The molecule has 112 valence electrons. The number of hydrogen-bond donors (Lipinski definition) is 0. The normalized spacial score (nSPS) is 17.3. The summed E-state index contributed by atoms with van der Waals surface area (Å²) < 4.78 is 0. The topological polar surface area (TPSA) is 19.4 Å². The molecule has 1 aromatic carbocycles. The highest BCUT2D eigenvalue weighted by Crippen LogP contribution is 2.28. The van der Waals surface area contributed by atoms with Gasteiger partial charge in [-0.05, 0) is 45.1 Å². The second-order valence-electron chi connectivity index (χ2n) is 5.94. The predicted octanol–water partition coefficient (Wildman–Crippen LogP) is 3.50. The van der Waals surface area contributed by atoms with Gasteiger partial charge in [0, 0.05) is 24.0 Å². The molecule has 1 aliphatic heterocycles. The number of benzene rings is 1. The second-order valence-corrected chi connectivity index (χ2v) is 6.21. The lowest BCUT2D eigenvalue weighted by Gasteiger charge is -2.36. The van der Waals surface area contributed by atoms with Gasteiger partial charge in [-0.25, -0.2) is 4.98 Å². The molecule has 21 heavy (non-hydrogen) atoms. The maximum Gasteiger partial charge on any atom is 0.133 e. The minimum Gasteiger partial charge on any atom is -0.356 e. The van der Waals surface area contributed by atoms with Crippen LogP contribution in [0.2, 0.25) is 0 Å². The molecule has 3 nitrogen and oxygen atoms in total. The van der Waals surface area contributed by atoms with Gasteiger partial charge in [0.25, 0.3) is 0 Å². The van der Waals surface area contributed by atoms with Crippen LogP contribution in [-0.4, -0.2) is 43.1 Å². The molecule has 0 atom stereocenters. The molecule has 0 radical (unpaired) electrons. The van der Waals surface area contributed by atoms with E-state index in [2.05, 4.69) is 42.1 Å². The summed E-state index contributed by atoms with van der Waals surface area (Å²) in [6, 6.07) is 11.0. The zero-order valence-corrected chi connectivity index (χ0v) is 13.5. The molecule has 2 aromatic rings. The van der Waals surface area contributed by atoms with E-state index >= 15 is 0 Å². The summed E-state index contributed by atoms with van der Waals surface area (Å²) in [6.45, 7) is 2.30. The highest BCUT2D eigenvalue weighted by Gasteiger charge is 2.23. The van der Waals surface area contributed by atoms with E-state index < -0.39 is 0 Å². The molecule has 1 aromatic heterocycles. The molecule has 2 heterocycles. The van der Waals surface area contributed by atoms with Crippen molar-refractivity contribution in [3.63, 3.8) is 0 Å². The first-order chi connectivity index (χ1) is 10.2. The molecule has 1 aliphatic rings. The lowest BCUT2D eigenvalue weighted by atomic mass is 10.0. The van der Waals surface area contributed by atoms with E-state index in [0.29, 0.717) is 11.9 Å². The van der Waals surface area contributed by atoms with Gasteiger partial charge in [0.05, 0.1) is 11.4 Å². The number of hydrogen-bond acceptors (Lipinski definition) is 3. The molecule has 1 fully saturated rings. The zero-order chi connectivity index (χ0) is 14.8. The molecular formula is C17H22ClN3. The van der Waals surface area contributed by atoms with Gasteiger partial charge in [-0.1, -0.05) is 18.2 Å². The van der Waals surface area contributed by atoms with Crippen molar-refractivity contribution < 1.29 is 0 Å². The molecule has 0 aliphatic carbocycles. The van der Waals surface area contributed by atoms with Crippen LogP contribution >= 0.6 is 11.6 Å². The molecule has 0 bridgehead atoms. The van der Waals surface area contributed by atoms with E-state index in [0.717, 1.165) is 35.4 Å². The summed E-state index contributed by atoms with van der Waals surface area (Å²) >= 11 is 6.16. The number of piperidine rings is 1. The van der Waals surface area contributed by atoms with E-state index in [-0.39, 0.29) is 0 Å². The van der Waals surface area contributed by atoms with Gasteiger partial charge in [-0.15, -0.1) is 11.6 Å². The van der Waals surface area contributed by atoms with Crippen LogP contribution in [-0.2, 0) is 5.88 Å². The number of halogens is 1. The number of rotatable bonds is 3. The van der Waals surface area contributed by atoms with Crippen molar-refractivity contribution in [2.45, 2.75) is 24.8 Å². The van der Waals surface area contributed by atoms with Gasteiger partial charge in [0.1, 0.15) is 5.82 Å². The largest absolute Gasteiger partial charge is 0.356 e. The van der Waals surface area contributed by atoms with Crippen LogP contribution in [0.5, 0.6) is 0 Å². The molecule has 0 saturated carbocycles. The maximum atomic E-state index is 6.16. The molecule has 0 unspecified atom stereocenters. The lowest BCUT2D eigenvalue weighted by Crippen LogP contribution is -2.42. The van der Waals surface area contributed by atoms with Gasteiger partial charge in [0.2, 0.25) is 0 Å². The van der Waals surface area contributed by atoms with Crippen LogP contribution in [0, 0.1) is 0 Å². The van der Waals surface area contributed by atoms with Crippen LogP contribution in [0.1, 0.15) is 18.4 Å². The average Bonchev–Trinajstić information content (AvgIpc) is 2.53. The number of aromatic nitrogens is 1. The first kappa shape index (κ1) is 14.6. The summed E-state index contributed by atoms with van der Waals surface area (Å²) in [7, 11) is 4.35. The Hall–Kier alpha value is -1.32. The van der Waals surface area contributed by atoms with Crippen molar-refractivity contribution in [3.05, 3.63) is 35.9 Å². The van der Waals surface area contributed by atoms with E-state index in [1.54, 1.807) is 0 Å².